The van der Waals surface area contributed by atoms with E-state index < -0.39 is 35.4 Å². The Labute approximate surface area is 76.5 Å². The van der Waals surface area contributed by atoms with Gasteiger partial charge in [0.15, 0.2) is 23.3 Å². The number of amides is 1. The topological polar surface area (TPSA) is 29.1 Å². The molecule has 0 spiro atoms. The van der Waals surface area contributed by atoms with Gasteiger partial charge in [0.05, 0.1) is 0 Å². The zero-order valence-electron chi connectivity index (χ0n) is 6.78. The summed E-state index contributed by atoms with van der Waals surface area (Å²) in [7, 11) is 0. The van der Waals surface area contributed by atoms with E-state index >= 15 is 0 Å². The number of hydrogen-bond acceptors (Lipinski definition) is 1. The van der Waals surface area contributed by atoms with Crippen LogP contribution in [0.3, 0.4) is 0 Å². The predicted molar refractivity (Wildman–Crippen MR) is 39.2 cm³/mol. The van der Waals surface area contributed by atoms with Gasteiger partial charge in [0.25, 0.3) is 0 Å². The van der Waals surface area contributed by atoms with Crippen molar-refractivity contribution in [3.05, 3.63) is 34.9 Å². The first-order valence-electron chi connectivity index (χ1n) is 3.56. The molecule has 0 aliphatic heterocycles. The molecule has 0 saturated heterocycles. The van der Waals surface area contributed by atoms with Crippen molar-refractivity contribution in [2.45, 2.75) is 6.54 Å². The first-order valence-corrected chi connectivity index (χ1v) is 3.56. The highest BCUT2D eigenvalue weighted by Crippen LogP contribution is 2.18. The quantitative estimate of drug-likeness (QED) is 0.454. The van der Waals surface area contributed by atoms with Crippen LogP contribution in [-0.2, 0) is 11.3 Å². The zero-order valence-corrected chi connectivity index (χ0v) is 6.78. The average molecular weight is 207 g/mol. The number of halogens is 4. The van der Waals surface area contributed by atoms with E-state index in [0.29, 0.717) is 0 Å². The maximum absolute atomic E-state index is 12.8. The third-order valence-electron chi connectivity index (χ3n) is 1.56. The van der Waals surface area contributed by atoms with Gasteiger partial charge in [0.2, 0.25) is 6.41 Å². The van der Waals surface area contributed by atoms with Crippen molar-refractivity contribution in [2.75, 3.05) is 0 Å². The van der Waals surface area contributed by atoms with Crippen molar-refractivity contribution < 1.29 is 22.4 Å². The normalized spacial score (nSPS) is 10.0. The summed E-state index contributed by atoms with van der Waals surface area (Å²) in [6.07, 6.45) is 0.168. The minimum atomic E-state index is -1.50. The molecule has 0 aliphatic carbocycles. The molecule has 0 aromatic heterocycles. The lowest BCUT2D eigenvalue weighted by Gasteiger charge is -2.05. The summed E-state index contributed by atoms with van der Waals surface area (Å²) in [6.45, 7) is -0.601. The molecule has 2 nitrogen and oxygen atoms in total. The Balaban J connectivity index is 3.17. The molecule has 0 aliphatic rings. The smallest absolute Gasteiger partial charge is 0.207 e. The zero-order chi connectivity index (χ0) is 10.7. The maximum Gasteiger partial charge on any atom is 0.207 e. The second-order valence-corrected chi connectivity index (χ2v) is 2.45. The molecule has 1 aromatic rings. The molecule has 1 aromatic carbocycles. The van der Waals surface area contributed by atoms with E-state index in [-0.39, 0.29) is 12.5 Å². The molecule has 1 rings (SSSR count). The summed E-state index contributed by atoms with van der Waals surface area (Å²) in [4.78, 5) is 9.83. The van der Waals surface area contributed by atoms with Crippen LogP contribution >= 0.6 is 0 Å². The van der Waals surface area contributed by atoms with Crippen LogP contribution < -0.4 is 5.32 Å². The number of nitrogens with one attached hydrogen (secondary N) is 1. The Hall–Kier alpha value is -1.59. The maximum atomic E-state index is 12.8. The summed E-state index contributed by atoms with van der Waals surface area (Å²) in [5.41, 5.74) is -0.838. The molecule has 1 amide bonds. The average Bonchev–Trinajstić information content (AvgIpc) is 2.15. The first-order chi connectivity index (χ1) is 6.57. The lowest BCUT2D eigenvalue weighted by molar-refractivity contribution is -0.109. The van der Waals surface area contributed by atoms with Gasteiger partial charge in [0.1, 0.15) is 0 Å². The van der Waals surface area contributed by atoms with Gasteiger partial charge in [-0.05, 0) is 0 Å². The fourth-order valence-corrected chi connectivity index (χ4v) is 0.922. The van der Waals surface area contributed by atoms with Crippen molar-refractivity contribution in [3.8, 4) is 0 Å². The number of benzene rings is 1. The van der Waals surface area contributed by atoms with Crippen LogP contribution in [0, 0.1) is 23.3 Å². The highest BCUT2D eigenvalue weighted by molar-refractivity contribution is 5.46. The molecule has 0 atom stereocenters. The minimum absolute atomic E-state index is 0.106. The Bertz CT molecular complexity index is 341. The molecule has 14 heavy (non-hydrogen) atoms. The molecule has 0 unspecified atom stereocenters. The Morgan fingerprint density at radius 1 is 1.14 bits per heavy atom. The van der Waals surface area contributed by atoms with E-state index in [2.05, 4.69) is 0 Å². The van der Waals surface area contributed by atoms with Crippen LogP contribution in [-0.4, -0.2) is 6.41 Å². The van der Waals surface area contributed by atoms with Gasteiger partial charge >= 0.3 is 0 Å². The second kappa shape index (κ2) is 4.08. The fourth-order valence-electron chi connectivity index (χ4n) is 0.922. The largest absolute Gasteiger partial charge is 0.354 e. The first kappa shape index (κ1) is 10.5. The standard InChI is InChI=1S/C8H5F4NO/c9-5-1-6(10)8(12)4(7(5)11)2-13-3-14/h1,3H,2H2,(H,13,14). The van der Waals surface area contributed by atoms with E-state index in [0.717, 1.165) is 0 Å². The number of hydrogen-bond donors (Lipinski definition) is 1. The van der Waals surface area contributed by atoms with Crippen molar-refractivity contribution in [1.82, 2.24) is 5.32 Å². The summed E-state index contributed by atoms with van der Waals surface area (Å²) >= 11 is 0. The van der Waals surface area contributed by atoms with E-state index in [1.54, 1.807) is 0 Å². The molecule has 0 radical (unpaired) electrons. The molecule has 1 N–H and O–H groups in total. The van der Waals surface area contributed by atoms with Crippen LogP contribution in [0.25, 0.3) is 0 Å². The van der Waals surface area contributed by atoms with Crippen molar-refractivity contribution in [2.24, 2.45) is 0 Å². The Kier molecular flexibility index (Phi) is 3.06. The van der Waals surface area contributed by atoms with Gasteiger partial charge in [-0.15, -0.1) is 0 Å². The summed E-state index contributed by atoms with van der Waals surface area (Å²) < 4.78 is 50.8. The fraction of sp³-hybridized carbons (Fsp3) is 0.125. The minimum Gasteiger partial charge on any atom is -0.354 e. The van der Waals surface area contributed by atoms with Crippen molar-refractivity contribution in [3.63, 3.8) is 0 Å². The molecule has 0 heterocycles. The predicted octanol–water partition coefficient (Wildman–Crippen LogP) is 1.49. The van der Waals surface area contributed by atoms with Gasteiger partial charge in [-0.1, -0.05) is 0 Å². The monoisotopic (exact) mass is 207 g/mol. The van der Waals surface area contributed by atoms with Crippen LogP contribution in [0.1, 0.15) is 5.56 Å². The van der Waals surface area contributed by atoms with E-state index in [1.807, 2.05) is 5.32 Å². The van der Waals surface area contributed by atoms with E-state index in [9.17, 15) is 22.4 Å². The van der Waals surface area contributed by atoms with E-state index in [4.69, 9.17) is 0 Å². The van der Waals surface area contributed by atoms with Crippen LogP contribution in [0.2, 0.25) is 0 Å². The molecular formula is C8H5F4NO. The van der Waals surface area contributed by atoms with Gasteiger partial charge < -0.3 is 5.32 Å². The van der Waals surface area contributed by atoms with E-state index in [1.165, 1.54) is 0 Å². The van der Waals surface area contributed by atoms with Crippen LogP contribution in [0.5, 0.6) is 0 Å². The molecule has 0 bridgehead atoms. The molecule has 76 valence electrons. The van der Waals surface area contributed by atoms with Crippen molar-refractivity contribution in [1.29, 1.82) is 0 Å². The number of rotatable bonds is 3. The lowest BCUT2D eigenvalue weighted by atomic mass is 10.2. The highest BCUT2D eigenvalue weighted by Gasteiger charge is 2.18. The van der Waals surface area contributed by atoms with Gasteiger partial charge in [0, 0.05) is 18.2 Å². The highest BCUT2D eigenvalue weighted by atomic mass is 19.2. The van der Waals surface area contributed by atoms with Crippen LogP contribution in [0.15, 0.2) is 6.07 Å². The third-order valence-corrected chi connectivity index (χ3v) is 1.56. The SMILES string of the molecule is O=CNCc1c(F)c(F)cc(F)c1F. The molecule has 0 fully saturated rings. The second-order valence-electron chi connectivity index (χ2n) is 2.45. The molecular weight excluding hydrogens is 202 g/mol. The van der Waals surface area contributed by atoms with Crippen LogP contribution in [0.4, 0.5) is 17.6 Å². The lowest BCUT2D eigenvalue weighted by Crippen LogP contribution is -2.14. The third kappa shape index (κ3) is 1.84. The van der Waals surface area contributed by atoms with Gasteiger partial charge in [-0.2, -0.15) is 0 Å². The molecule has 0 saturated carbocycles. The Morgan fingerprint density at radius 3 is 2.07 bits per heavy atom. The summed E-state index contributed by atoms with van der Waals surface area (Å²) in [5.74, 6) is -5.99. The van der Waals surface area contributed by atoms with Gasteiger partial charge in [-0.25, -0.2) is 17.6 Å². The van der Waals surface area contributed by atoms with Crippen molar-refractivity contribution >= 4 is 6.41 Å². The Morgan fingerprint density at radius 2 is 1.64 bits per heavy atom. The number of carbonyl (C=O) groups is 1. The molecule has 6 heteroatoms. The van der Waals surface area contributed by atoms with Gasteiger partial charge in [-0.3, -0.25) is 4.79 Å². The number of carbonyl (C=O) groups excluding carboxylic acids is 1. The summed E-state index contributed by atoms with van der Waals surface area (Å²) in [6, 6.07) is 0.106. The summed E-state index contributed by atoms with van der Waals surface area (Å²) in [5, 5.41) is 1.91.